The Balaban J connectivity index is 1.83. The molecular formula is C22H16BrN3O. The lowest BCUT2D eigenvalue weighted by molar-refractivity contribution is 0.648. The zero-order valence-corrected chi connectivity index (χ0v) is 15.9. The van der Waals surface area contributed by atoms with Crippen molar-refractivity contribution in [2.24, 2.45) is 5.92 Å². The summed E-state index contributed by atoms with van der Waals surface area (Å²) in [7, 11) is 0. The lowest BCUT2D eigenvalue weighted by Crippen LogP contribution is -2.28. The molecule has 1 aliphatic heterocycles. The van der Waals surface area contributed by atoms with Crippen LogP contribution >= 0.6 is 15.9 Å². The predicted octanol–water partition coefficient (Wildman–Crippen LogP) is 4.34. The smallest absolute Gasteiger partial charge is 0.266 e. The van der Waals surface area contributed by atoms with Crippen molar-refractivity contribution >= 4 is 32.5 Å². The first-order chi connectivity index (χ1) is 13.2. The van der Waals surface area contributed by atoms with E-state index in [4.69, 9.17) is 4.98 Å². The lowest BCUT2D eigenvalue weighted by Gasteiger charge is -2.22. The van der Waals surface area contributed by atoms with Crippen molar-refractivity contribution in [1.82, 2.24) is 14.9 Å². The number of hydrogen-bond acceptors (Lipinski definition) is 3. The molecule has 2 unspecified atom stereocenters. The van der Waals surface area contributed by atoms with Gasteiger partial charge in [-0.15, -0.1) is 0 Å². The van der Waals surface area contributed by atoms with Gasteiger partial charge in [-0.3, -0.25) is 9.36 Å². The number of fused-ring (bicyclic) bond motifs is 2. The Bertz CT molecular complexity index is 1210. The van der Waals surface area contributed by atoms with E-state index in [0.717, 1.165) is 15.7 Å². The highest BCUT2D eigenvalue weighted by Crippen LogP contribution is 2.31. The molecule has 0 saturated heterocycles. The van der Waals surface area contributed by atoms with E-state index in [2.05, 4.69) is 39.5 Å². The molecule has 0 spiro atoms. The number of para-hydroxylation sites is 1. The van der Waals surface area contributed by atoms with Gasteiger partial charge in [0.1, 0.15) is 5.82 Å². The van der Waals surface area contributed by atoms with Gasteiger partial charge in [-0.2, -0.15) is 0 Å². The largest absolute Gasteiger partial charge is 0.384 e. The van der Waals surface area contributed by atoms with Crippen LogP contribution < -0.4 is 10.9 Å². The molecule has 0 fully saturated rings. The maximum absolute atomic E-state index is 13.4. The SMILES string of the molecule is O=c1c2ccccc2nc(-c2ccccc2Br)n1C1=CC2C=CNC2C=C1. The van der Waals surface area contributed by atoms with Crippen LogP contribution in [0.15, 0.2) is 88.3 Å². The monoisotopic (exact) mass is 417 g/mol. The van der Waals surface area contributed by atoms with Crippen molar-refractivity contribution in [3.8, 4) is 11.4 Å². The topological polar surface area (TPSA) is 46.9 Å². The number of hydrogen-bond donors (Lipinski definition) is 1. The number of nitrogens with zero attached hydrogens (tertiary/aromatic N) is 2. The van der Waals surface area contributed by atoms with E-state index in [-0.39, 0.29) is 17.5 Å². The van der Waals surface area contributed by atoms with Crippen molar-refractivity contribution in [3.63, 3.8) is 0 Å². The van der Waals surface area contributed by atoms with Gasteiger partial charge in [-0.25, -0.2) is 4.98 Å². The van der Waals surface area contributed by atoms with Crippen molar-refractivity contribution in [3.05, 3.63) is 93.9 Å². The fraction of sp³-hybridized carbons (Fsp3) is 0.0909. The summed E-state index contributed by atoms with van der Waals surface area (Å²) < 4.78 is 2.63. The van der Waals surface area contributed by atoms with Crippen LogP contribution in [0.25, 0.3) is 28.0 Å². The number of benzene rings is 2. The minimum absolute atomic E-state index is 0.0596. The highest BCUT2D eigenvalue weighted by molar-refractivity contribution is 9.10. The molecule has 2 aromatic carbocycles. The Labute approximate surface area is 164 Å². The highest BCUT2D eigenvalue weighted by atomic mass is 79.9. The number of rotatable bonds is 2. The maximum Gasteiger partial charge on any atom is 0.266 e. The molecule has 0 amide bonds. The summed E-state index contributed by atoms with van der Waals surface area (Å²) >= 11 is 3.61. The minimum atomic E-state index is -0.0596. The van der Waals surface area contributed by atoms with E-state index < -0.39 is 0 Å². The summed E-state index contributed by atoms with van der Waals surface area (Å²) in [6.45, 7) is 0. The molecule has 5 rings (SSSR count). The van der Waals surface area contributed by atoms with Crippen LogP contribution in [0, 0.1) is 5.92 Å². The first kappa shape index (κ1) is 16.3. The summed E-state index contributed by atoms with van der Waals surface area (Å²) in [5.41, 5.74) is 2.37. The molecule has 27 heavy (non-hydrogen) atoms. The van der Waals surface area contributed by atoms with Gasteiger partial charge in [0.05, 0.1) is 16.9 Å². The third kappa shape index (κ3) is 2.66. The first-order valence-corrected chi connectivity index (χ1v) is 9.61. The van der Waals surface area contributed by atoms with Gasteiger partial charge in [0.15, 0.2) is 0 Å². The zero-order valence-electron chi connectivity index (χ0n) is 14.3. The second-order valence-corrected chi connectivity index (χ2v) is 7.51. The van der Waals surface area contributed by atoms with Crippen LogP contribution in [0.1, 0.15) is 0 Å². The normalized spacial score (nSPS) is 20.4. The van der Waals surface area contributed by atoms with Gasteiger partial charge in [0.25, 0.3) is 5.56 Å². The Morgan fingerprint density at radius 3 is 2.74 bits per heavy atom. The minimum Gasteiger partial charge on any atom is -0.384 e. The van der Waals surface area contributed by atoms with E-state index in [1.54, 1.807) is 4.57 Å². The second-order valence-electron chi connectivity index (χ2n) is 6.65. The standard InChI is InChI=1S/C22H16BrN3O/c23-18-7-3-1-5-16(18)21-25-20-8-4-2-6-17(20)22(27)26(21)15-9-10-19-14(13-15)11-12-24-19/h1-14,19,24H. The van der Waals surface area contributed by atoms with Crippen LogP contribution in [0.3, 0.4) is 0 Å². The van der Waals surface area contributed by atoms with E-state index in [1.165, 1.54) is 0 Å². The Morgan fingerprint density at radius 2 is 1.85 bits per heavy atom. The molecule has 132 valence electrons. The van der Waals surface area contributed by atoms with Crippen LogP contribution in [0.4, 0.5) is 0 Å². The summed E-state index contributed by atoms with van der Waals surface area (Å²) in [4.78, 5) is 18.3. The van der Waals surface area contributed by atoms with Gasteiger partial charge in [-0.05, 0) is 30.5 Å². The van der Waals surface area contributed by atoms with Crippen LogP contribution in [-0.2, 0) is 0 Å². The molecule has 0 bridgehead atoms. The van der Waals surface area contributed by atoms with E-state index in [9.17, 15) is 4.79 Å². The predicted molar refractivity (Wildman–Crippen MR) is 112 cm³/mol. The summed E-state index contributed by atoms with van der Waals surface area (Å²) in [6, 6.07) is 15.6. The summed E-state index contributed by atoms with van der Waals surface area (Å²) in [6.07, 6.45) is 10.3. The van der Waals surface area contributed by atoms with Gasteiger partial charge < -0.3 is 5.32 Å². The summed E-state index contributed by atoms with van der Waals surface area (Å²) in [5.74, 6) is 0.867. The third-order valence-electron chi connectivity index (χ3n) is 5.01. The van der Waals surface area contributed by atoms with Crippen molar-refractivity contribution in [2.75, 3.05) is 0 Å². The molecule has 4 nitrogen and oxygen atoms in total. The van der Waals surface area contributed by atoms with E-state index >= 15 is 0 Å². The number of halogens is 1. The van der Waals surface area contributed by atoms with Crippen LogP contribution in [0.5, 0.6) is 0 Å². The Kier molecular flexibility index (Phi) is 3.83. The molecular weight excluding hydrogens is 402 g/mol. The fourth-order valence-electron chi connectivity index (χ4n) is 3.65. The molecule has 1 aliphatic carbocycles. The molecule has 0 radical (unpaired) electrons. The van der Waals surface area contributed by atoms with E-state index in [0.29, 0.717) is 16.7 Å². The number of aromatic nitrogens is 2. The third-order valence-corrected chi connectivity index (χ3v) is 5.70. The molecule has 1 aromatic heterocycles. The Morgan fingerprint density at radius 1 is 1.04 bits per heavy atom. The van der Waals surface area contributed by atoms with Gasteiger partial charge in [-0.1, -0.05) is 64.5 Å². The molecule has 3 aromatic rings. The van der Waals surface area contributed by atoms with Crippen molar-refractivity contribution < 1.29 is 0 Å². The average Bonchev–Trinajstić information content (AvgIpc) is 3.16. The number of nitrogens with one attached hydrogen (secondary N) is 1. The van der Waals surface area contributed by atoms with Crippen LogP contribution in [-0.4, -0.2) is 15.6 Å². The molecule has 2 atom stereocenters. The van der Waals surface area contributed by atoms with Crippen LogP contribution in [0.2, 0.25) is 0 Å². The number of allylic oxidation sites excluding steroid dienone is 2. The van der Waals surface area contributed by atoms with Gasteiger partial charge >= 0.3 is 0 Å². The molecule has 2 heterocycles. The second kappa shape index (κ2) is 6.35. The van der Waals surface area contributed by atoms with Crippen molar-refractivity contribution in [1.29, 1.82) is 0 Å². The molecule has 1 N–H and O–H groups in total. The average molecular weight is 418 g/mol. The highest BCUT2D eigenvalue weighted by Gasteiger charge is 2.24. The van der Waals surface area contributed by atoms with Gasteiger partial charge in [0.2, 0.25) is 0 Å². The van der Waals surface area contributed by atoms with Crippen molar-refractivity contribution in [2.45, 2.75) is 6.04 Å². The Hall–Kier alpha value is -2.92. The molecule has 0 saturated carbocycles. The molecule has 2 aliphatic rings. The quantitative estimate of drug-likeness (QED) is 0.674. The zero-order chi connectivity index (χ0) is 18.4. The molecule has 5 heteroatoms. The van der Waals surface area contributed by atoms with E-state index in [1.807, 2.05) is 60.8 Å². The lowest BCUT2D eigenvalue weighted by atomic mass is 9.96. The summed E-state index contributed by atoms with van der Waals surface area (Å²) in [5, 5.41) is 3.92. The van der Waals surface area contributed by atoms with Gasteiger partial charge in [0, 0.05) is 21.7 Å². The first-order valence-electron chi connectivity index (χ1n) is 8.82. The fourth-order valence-corrected chi connectivity index (χ4v) is 4.11. The maximum atomic E-state index is 13.4.